The fraction of sp³-hybridized carbons (Fsp3) is 0.512. The average molecular weight is 638 g/mol. The van der Waals surface area contributed by atoms with Crippen LogP contribution < -0.4 is 4.90 Å². The van der Waals surface area contributed by atoms with E-state index >= 15 is 0 Å². The van der Waals surface area contributed by atoms with Crippen molar-refractivity contribution in [2.45, 2.75) is 124 Å². The van der Waals surface area contributed by atoms with Gasteiger partial charge in [0.2, 0.25) is 5.69 Å². The van der Waals surface area contributed by atoms with Crippen molar-refractivity contribution in [1.29, 1.82) is 0 Å². The molecule has 5 rings (SSSR count). The molecule has 3 heteroatoms. The van der Waals surface area contributed by atoms with Crippen molar-refractivity contribution >= 4 is 28.7 Å². The number of para-hydroxylation sites is 2. The second-order valence-electron chi connectivity index (χ2n) is 15.0. The summed E-state index contributed by atoms with van der Waals surface area (Å²) < 4.78 is 2.58. The number of hydrogen-bond donors (Lipinski definition) is 0. The Labute approximate surface area is 285 Å². The smallest absolute Gasteiger partial charge is 0.209 e. The highest BCUT2D eigenvalue weighted by Gasteiger charge is 2.44. The minimum Gasteiger partial charge on any atom is -0.344 e. The summed E-state index contributed by atoms with van der Waals surface area (Å²) in [4.78, 5) is 2.58. The topological polar surface area (TPSA) is 6.25 Å². The number of anilines is 1. The van der Waals surface area contributed by atoms with E-state index in [-0.39, 0.29) is 10.8 Å². The van der Waals surface area contributed by atoms with Gasteiger partial charge in [-0.2, -0.15) is 4.58 Å². The van der Waals surface area contributed by atoms with E-state index in [0.717, 1.165) is 31.0 Å². The van der Waals surface area contributed by atoms with E-state index in [9.17, 15) is 0 Å². The molecule has 0 aromatic heterocycles. The van der Waals surface area contributed by atoms with E-state index in [1.807, 2.05) is 0 Å². The number of unbranched alkanes of at least 4 members (excludes halogenated alkanes) is 6. The third kappa shape index (κ3) is 7.03. The maximum absolute atomic E-state index is 7.31. The summed E-state index contributed by atoms with van der Waals surface area (Å²) in [7, 11) is 0. The van der Waals surface area contributed by atoms with Crippen LogP contribution in [0, 0.1) is 5.92 Å². The van der Waals surface area contributed by atoms with E-state index in [4.69, 9.17) is 11.6 Å². The zero-order chi connectivity index (χ0) is 32.9. The first-order chi connectivity index (χ1) is 22.1. The van der Waals surface area contributed by atoms with E-state index in [2.05, 4.69) is 131 Å². The highest BCUT2D eigenvalue weighted by atomic mass is 35.5. The van der Waals surface area contributed by atoms with Crippen molar-refractivity contribution in [1.82, 2.24) is 0 Å². The summed E-state index contributed by atoms with van der Waals surface area (Å²) in [5, 5.41) is 0.942. The van der Waals surface area contributed by atoms with Gasteiger partial charge in [-0.15, -0.1) is 0 Å². The van der Waals surface area contributed by atoms with Gasteiger partial charge < -0.3 is 4.90 Å². The molecule has 0 N–H and O–H groups in total. The van der Waals surface area contributed by atoms with Crippen LogP contribution in [0.15, 0.2) is 94.7 Å². The van der Waals surface area contributed by atoms with Crippen LogP contribution in [0.5, 0.6) is 0 Å². The van der Waals surface area contributed by atoms with E-state index in [1.54, 1.807) is 0 Å². The third-order valence-electron chi connectivity index (χ3n) is 10.7. The number of allylic oxidation sites excluding steroid dienone is 8. The molecular weight excluding hydrogens is 580 g/mol. The maximum Gasteiger partial charge on any atom is 0.209 e. The van der Waals surface area contributed by atoms with Crippen LogP contribution in [0.4, 0.5) is 11.4 Å². The number of rotatable bonds is 13. The summed E-state index contributed by atoms with van der Waals surface area (Å²) in [5.41, 5.74) is 10.8. The van der Waals surface area contributed by atoms with E-state index in [0.29, 0.717) is 5.92 Å². The molecule has 1 unspecified atom stereocenters. The SMILES string of the molecule is CCCCCCN1/C(=C/C=C2\CC(C)CC(/C=C/C3=[N+](CCCCCC)c4ccccc4C3(C)C)=C2Cl)C(C)(C)c2ccccc21. The molecule has 0 amide bonds. The Balaban J connectivity index is 1.47. The molecule has 0 fully saturated rings. The lowest BCUT2D eigenvalue weighted by Crippen LogP contribution is -2.28. The van der Waals surface area contributed by atoms with E-state index < -0.39 is 0 Å². The Kier molecular flexibility index (Phi) is 11.2. The van der Waals surface area contributed by atoms with Crippen molar-refractivity contribution in [3.8, 4) is 0 Å². The van der Waals surface area contributed by atoms with Gasteiger partial charge in [-0.25, -0.2) is 0 Å². The Hall–Kier alpha value is -2.84. The van der Waals surface area contributed by atoms with Gasteiger partial charge >= 0.3 is 0 Å². The van der Waals surface area contributed by atoms with Crippen LogP contribution in [0.25, 0.3) is 0 Å². The normalized spacial score (nSPS) is 22.1. The number of halogens is 1. The van der Waals surface area contributed by atoms with Gasteiger partial charge in [0.05, 0.1) is 5.41 Å². The second-order valence-corrected chi connectivity index (χ2v) is 15.4. The summed E-state index contributed by atoms with van der Waals surface area (Å²) in [5.74, 6) is 0.551. The molecule has 0 spiro atoms. The van der Waals surface area contributed by atoms with E-state index in [1.165, 1.54) is 96.4 Å². The Morgan fingerprint density at radius 3 is 2.20 bits per heavy atom. The van der Waals surface area contributed by atoms with Crippen LogP contribution in [-0.2, 0) is 10.8 Å². The summed E-state index contributed by atoms with van der Waals surface area (Å²) >= 11 is 7.31. The first kappa shape index (κ1) is 34.5. The molecule has 0 saturated carbocycles. The molecule has 0 bridgehead atoms. The molecule has 2 aromatic carbocycles. The van der Waals surface area contributed by atoms with Crippen LogP contribution in [0.1, 0.15) is 124 Å². The first-order valence-electron chi connectivity index (χ1n) is 18.2. The molecule has 46 heavy (non-hydrogen) atoms. The third-order valence-corrected chi connectivity index (χ3v) is 11.1. The van der Waals surface area contributed by atoms with Crippen molar-refractivity contribution in [3.05, 3.63) is 106 Å². The Bertz CT molecular complexity index is 1550. The van der Waals surface area contributed by atoms with Gasteiger partial charge in [-0.05, 0) is 74.3 Å². The molecule has 2 aromatic rings. The number of benzene rings is 2. The molecule has 2 nitrogen and oxygen atoms in total. The Morgan fingerprint density at radius 1 is 0.783 bits per heavy atom. The lowest BCUT2D eigenvalue weighted by Gasteiger charge is -2.28. The second kappa shape index (κ2) is 14.9. The number of nitrogens with zero attached hydrogens (tertiary/aromatic N) is 2. The van der Waals surface area contributed by atoms with Crippen molar-refractivity contribution < 1.29 is 4.58 Å². The van der Waals surface area contributed by atoms with Crippen molar-refractivity contribution in [2.24, 2.45) is 5.92 Å². The molecule has 1 atom stereocenters. The summed E-state index contributed by atoms with van der Waals surface area (Å²) in [6, 6.07) is 18.0. The predicted molar refractivity (Wildman–Crippen MR) is 201 cm³/mol. The minimum atomic E-state index is -0.0437. The molecule has 0 saturated heterocycles. The van der Waals surface area contributed by atoms with Crippen molar-refractivity contribution in [2.75, 3.05) is 18.0 Å². The van der Waals surface area contributed by atoms with Gasteiger partial charge in [0.25, 0.3) is 0 Å². The van der Waals surface area contributed by atoms with Gasteiger partial charge in [0, 0.05) is 52.5 Å². The van der Waals surface area contributed by atoms with Gasteiger partial charge in [0.1, 0.15) is 6.54 Å². The van der Waals surface area contributed by atoms with Gasteiger partial charge in [-0.1, -0.05) is 127 Å². The fourth-order valence-electron chi connectivity index (χ4n) is 8.01. The number of fused-ring (bicyclic) bond motifs is 2. The fourth-order valence-corrected chi connectivity index (χ4v) is 8.29. The molecule has 0 radical (unpaired) electrons. The highest BCUT2D eigenvalue weighted by Crippen LogP contribution is 2.48. The monoisotopic (exact) mass is 637 g/mol. The molecule has 2 aliphatic heterocycles. The summed E-state index contributed by atoms with van der Waals surface area (Å²) in [6.07, 6.45) is 21.6. The van der Waals surface area contributed by atoms with Gasteiger partial charge in [0.15, 0.2) is 5.71 Å². The lowest BCUT2D eigenvalue weighted by atomic mass is 9.80. The summed E-state index contributed by atoms with van der Waals surface area (Å²) in [6.45, 7) is 18.6. The molecular formula is C43H58ClN2+. The zero-order valence-electron chi connectivity index (χ0n) is 29.8. The average Bonchev–Trinajstić information content (AvgIpc) is 3.39. The predicted octanol–water partition coefficient (Wildman–Crippen LogP) is 12.3. The van der Waals surface area contributed by atoms with Crippen LogP contribution >= 0.6 is 11.6 Å². The molecule has 246 valence electrons. The number of hydrogen-bond acceptors (Lipinski definition) is 1. The van der Waals surface area contributed by atoms with Crippen LogP contribution in [0.2, 0.25) is 0 Å². The van der Waals surface area contributed by atoms with Gasteiger partial charge in [-0.3, -0.25) is 0 Å². The molecule has 3 aliphatic rings. The maximum atomic E-state index is 7.31. The quantitative estimate of drug-likeness (QED) is 0.156. The lowest BCUT2D eigenvalue weighted by molar-refractivity contribution is -0.438. The van der Waals surface area contributed by atoms with Crippen LogP contribution in [0.3, 0.4) is 0 Å². The molecule has 1 aliphatic carbocycles. The minimum absolute atomic E-state index is 0.0437. The standard InChI is InChI=1S/C43H58ClN2/c1-8-10-12-18-28-45-37-22-16-14-20-35(37)42(4,5)39(45)26-24-33-30-32(3)31-34(41(33)44)25-27-40-43(6,7)36-21-15-17-23-38(36)46(40)29-19-13-11-9-2/h14-17,20-27,32H,8-13,18-19,28-31H2,1-7H3/q+1. The molecule has 2 heterocycles. The van der Waals surface area contributed by atoms with Crippen molar-refractivity contribution in [3.63, 3.8) is 0 Å². The highest BCUT2D eigenvalue weighted by molar-refractivity contribution is 6.32. The zero-order valence-corrected chi connectivity index (χ0v) is 30.5. The Morgan fingerprint density at radius 2 is 1.46 bits per heavy atom. The first-order valence-corrected chi connectivity index (χ1v) is 18.6. The largest absolute Gasteiger partial charge is 0.344 e. The van der Waals surface area contributed by atoms with Crippen LogP contribution in [-0.4, -0.2) is 23.4 Å².